The maximum absolute atomic E-state index is 13.7. The maximum Gasteiger partial charge on any atom is 0.123 e. The van der Waals surface area contributed by atoms with Crippen LogP contribution in [-0.4, -0.2) is 31.2 Å². The molecule has 0 aromatic heterocycles. The van der Waals surface area contributed by atoms with Crippen molar-refractivity contribution in [1.29, 1.82) is 0 Å². The monoisotopic (exact) mass is 265 g/mol. The second-order valence-corrected chi connectivity index (χ2v) is 6.34. The van der Waals surface area contributed by atoms with Gasteiger partial charge in [-0.15, -0.1) is 0 Å². The predicted octanol–water partition coefficient (Wildman–Crippen LogP) is 3.35. The minimum Gasteiger partial charge on any atom is -0.380 e. The lowest BCUT2D eigenvalue weighted by Crippen LogP contribution is -2.26. The minimum atomic E-state index is -0.131. The summed E-state index contributed by atoms with van der Waals surface area (Å²) in [5.41, 5.74) is 2.11. The quantitative estimate of drug-likeness (QED) is 0.813. The fourth-order valence-electron chi connectivity index (χ4n) is 2.39. The molecule has 19 heavy (non-hydrogen) atoms. The molecule has 0 atom stereocenters. The zero-order valence-corrected chi connectivity index (χ0v) is 12.2. The average Bonchev–Trinajstić information content (AvgIpc) is 2.55. The van der Waals surface area contributed by atoms with E-state index in [2.05, 4.69) is 31.7 Å². The predicted molar refractivity (Wildman–Crippen MR) is 75.8 cm³/mol. The van der Waals surface area contributed by atoms with Crippen molar-refractivity contribution < 1.29 is 9.13 Å². The van der Waals surface area contributed by atoms with Crippen molar-refractivity contribution in [3.05, 3.63) is 35.1 Å². The first-order valence-electron chi connectivity index (χ1n) is 7.05. The van der Waals surface area contributed by atoms with Gasteiger partial charge < -0.3 is 4.74 Å². The van der Waals surface area contributed by atoms with Crippen molar-refractivity contribution in [2.45, 2.75) is 39.2 Å². The van der Waals surface area contributed by atoms with E-state index < -0.39 is 0 Å². The van der Waals surface area contributed by atoms with Crippen LogP contribution in [0, 0.1) is 5.82 Å². The molecule has 0 spiro atoms. The van der Waals surface area contributed by atoms with E-state index in [1.165, 1.54) is 0 Å². The molecule has 2 rings (SSSR count). The van der Waals surface area contributed by atoms with E-state index >= 15 is 0 Å². The number of hydrogen-bond acceptors (Lipinski definition) is 2. The number of rotatable bonds is 2. The number of halogens is 1. The molecule has 0 bridgehead atoms. The zero-order chi connectivity index (χ0) is 13.9. The Balaban J connectivity index is 2.13. The molecule has 1 heterocycles. The highest BCUT2D eigenvalue weighted by Gasteiger charge is 2.17. The largest absolute Gasteiger partial charge is 0.380 e. The van der Waals surface area contributed by atoms with Crippen LogP contribution >= 0.6 is 0 Å². The van der Waals surface area contributed by atoms with Gasteiger partial charge in [0.1, 0.15) is 5.82 Å². The third-order valence-electron chi connectivity index (χ3n) is 3.54. The summed E-state index contributed by atoms with van der Waals surface area (Å²) in [4.78, 5) is 2.34. The standard InChI is InChI=1S/C16H24FNO/c1-16(2,3)14-9-13(10-15(17)11-14)12-18-5-4-7-19-8-6-18/h9-11H,4-8,12H2,1-3H3. The number of hydrogen-bond donors (Lipinski definition) is 0. The first kappa shape index (κ1) is 14.5. The highest BCUT2D eigenvalue weighted by Crippen LogP contribution is 2.24. The van der Waals surface area contributed by atoms with Gasteiger partial charge in [-0.2, -0.15) is 0 Å². The van der Waals surface area contributed by atoms with Crippen LogP contribution in [-0.2, 0) is 16.7 Å². The molecule has 106 valence electrons. The summed E-state index contributed by atoms with van der Waals surface area (Å²) in [6.07, 6.45) is 1.06. The molecule has 0 amide bonds. The molecule has 1 fully saturated rings. The van der Waals surface area contributed by atoms with E-state index in [-0.39, 0.29) is 11.2 Å². The minimum absolute atomic E-state index is 0.0151. The Hall–Kier alpha value is -0.930. The van der Waals surface area contributed by atoms with E-state index in [9.17, 15) is 4.39 Å². The Kier molecular flexibility index (Phi) is 4.58. The third kappa shape index (κ3) is 4.29. The summed E-state index contributed by atoms with van der Waals surface area (Å²) in [6, 6.07) is 5.44. The third-order valence-corrected chi connectivity index (χ3v) is 3.54. The first-order valence-corrected chi connectivity index (χ1v) is 7.05. The van der Waals surface area contributed by atoms with Gasteiger partial charge in [0.2, 0.25) is 0 Å². The van der Waals surface area contributed by atoms with Gasteiger partial charge >= 0.3 is 0 Å². The number of ether oxygens (including phenoxy) is 1. The summed E-state index contributed by atoms with van der Waals surface area (Å²) < 4.78 is 19.2. The van der Waals surface area contributed by atoms with Gasteiger partial charge in [0, 0.05) is 26.2 Å². The van der Waals surface area contributed by atoms with Gasteiger partial charge in [-0.05, 0) is 35.1 Å². The second kappa shape index (κ2) is 6.02. The number of nitrogens with zero attached hydrogens (tertiary/aromatic N) is 1. The Morgan fingerprint density at radius 1 is 1.16 bits per heavy atom. The van der Waals surface area contributed by atoms with Crippen molar-refractivity contribution in [2.24, 2.45) is 0 Å². The SMILES string of the molecule is CC(C)(C)c1cc(F)cc(CN2CCCOCC2)c1. The van der Waals surface area contributed by atoms with Crippen LogP contribution in [0.3, 0.4) is 0 Å². The smallest absolute Gasteiger partial charge is 0.123 e. The molecule has 0 aliphatic carbocycles. The molecule has 1 aliphatic heterocycles. The van der Waals surface area contributed by atoms with Crippen LogP contribution in [0.15, 0.2) is 18.2 Å². The Morgan fingerprint density at radius 2 is 1.95 bits per heavy atom. The Morgan fingerprint density at radius 3 is 2.68 bits per heavy atom. The van der Waals surface area contributed by atoms with Crippen LogP contribution in [0.2, 0.25) is 0 Å². The lowest BCUT2D eigenvalue weighted by molar-refractivity contribution is 0.140. The van der Waals surface area contributed by atoms with Crippen LogP contribution in [0.25, 0.3) is 0 Å². The Bertz CT molecular complexity index is 417. The number of benzene rings is 1. The van der Waals surface area contributed by atoms with Gasteiger partial charge in [0.25, 0.3) is 0 Å². The molecule has 1 aliphatic rings. The molecular formula is C16H24FNO. The normalized spacial score (nSPS) is 18.3. The molecular weight excluding hydrogens is 241 g/mol. The van der Waals surface area contributed by atoms with Gasteiger partial charge in [0.15, 0.2) is 0 Å². The van der Waals surface area contributed by atoms with E-state index in [1.807, 2.05) is 0 Å². The fourth-order valence-corrected chi connectivity index (χ4v) is 2.39. The molecule has 1 aromatic carbocycles. The van der Waals surface area contributed by atoms with Gasteiger partial charge in [0.05, 0.1) is 6.61 Å². The molecule has 0 N–H and O–H groups in total. The molecule has 0 radical (unpaired) electrons. The zero-order valence-electron chi connectivity index (χ0n) is 12.2. The lowest BCUT2D eigenvalue weighted by Gasteiger charge is -2.23. The summed E-state index contributed by atoms with van der Waals surface area (Å²) in [5, 5.41) is 0. The van der Waals surface area contributed by atoms with Gasteiger partial charge in [-0.1, -0.05) is 26.8 Å². The van der Waals surface area contributed by atoms with Crippen molar-refractivity contribution >= 4 is 0 Å². The van der Waals surface area contributed by atoms with Crippen LogP contribution in [0.4, 0.5) is 4.39 Å². The summed E-state index contributed by atoms with van der Waals surface area (Å²) in [6.45, 7) is 10.7. The summed E-state index contributed by atoms with van der Waals surface area (Å²) >= 11 is 0. The summed E-state index contributed by atoms with van der Waals surface area (Å²) in [7, 11) is 0. The van der Waals surface area contributed by atoms with E-state index in [4.69, 9.17) is 4.74 Å². The highest BCUT2D eigenvalue weighted by molar-refractivity contribution is 5.29. The van der Waals surface area contributed by atoms with Crippen molar-refractivity contribution in [3.8, 4) is 0 Å². The fraction of sp³-hybridized carbons (Fsp3) is 0.625. The highest BCUT2D eigenvalue weighted by atomic mass is 19.1. The molecule has 3 heteroatoms. The first-order chi connectivity index (χ1) is 8.95. The average molecular weight is 265 g/mol. The maximum atomic E-state index is 13.7. The van der Waals surface area contributed by atoms with Crippen LogP contribution in [0.5, 0.6) is 0 Å². The topological polar surface area (TPSA) is 12.5 Å². The van der Waals surface area contributed by atoms with Crippen molar-refractivity contribution in [3.63, 3.8) is 0 Å². The molecule has 1 saturated heterocycles. The molecule has 0 saturated carbocycles. The van der Waals surface area contributed by atoms with E-state index in [0.29, 0.717) is 0 Å². The molecule has 0 unspecified atom stereocenters. The van der Waals surface area contributed by atoms with Gasteiger partial charge in [-0.25, -0.2) is 4.39 Å². The second-order valence-electron chi connectivity index (χ2n) is 6.34. The van der Waals surface area contributed by atoms with Crippen molar-refractivity contribution in [1.82, 2.24) is 4.90 Å². The lowest BCUT2D eigenvalue weighted by atomic mass is 9.86. The molecule has 2 nitrogen and oxygen atoms in total. The van der Waals surface area contributed by atoms with Crippen molar-refractivity contribution in [2.75, 3.05) is 26.3 Å². The Labute approximate surface area is 115 Å². The molecule has 1 aromatic rings. The van der Waals surface area contributed by atoms with Gasteiger partial charge in [-0.3, -0.25) is 4.90 Å². The summed E-state index contributed by atoms with van der Waals surface area (Å²) in [5.74, 6) is -0.131. The van der Waals surface area contributed by atoms with Crippen LogP contribution < -0.4 is 0 Å². The van der Waals surface area contributed by atoms with E-state index in [1.54, 1.807) is 12.1 Å². The van der Waals surface area contributed by atoms with E-state index in [0.717, 1.165) is 50.4 Å². The van der Waals surface area contributed by atoms with Crippen LogP contribution in [0.1, 0.15) is 38.3 Å².